The van der Waals surface area contributed by atoms with Crippen molar-refractivity contribution in [2.24, 2.45) is 5.92 Å². The maximum absolute atomic E-state index is 10.5. The van der Waals surface area contributed by atoms with E-state index in [2.05, 4.69) is 4.18 Å². The van der Waals surface area contributed by atoms with Crippen molar-refractivity contribution >= 4 is 16.1 Å². The fraction of sp³-hybridized carbons (Fsp3) is 0.833. The Kier molecular flexibility index (Phi) is 2.39. The fourth-order valence-electron chi connectivity index (χ4n) is 1.09. The molecule has 0 aromatic carbocycles. The van der Waals surface area contributed by atoms with Gasteiger partial charge in [0, 0.05) is 0 Å². The van der Waals surface area contributed by atoms with E-state index in [-0.39, 0.29) is 0 Å². The summed E-state index contributed by atoms with van der Waals surface area (Å²) < 4.78 is 25.6. The predicted octanol–water partition coefficient (Wildman–Crippen LogP) is -0.174. The molecule has 0 atom stereocenters. The van der Waals surface area contributed by atoms with Gasteiger partial charge in [-0.3, -0.25) is 8.98 Å². The summed E-state index contributed by atoms with van der Waals surface area (Å²) in [5.74, 6) is -1.32. The zero-order valence-electron chi connectivity index (χ0n) is 6.56. The molecule has 0 saturated heterocycles. The van der Waals surface area contributed by atoms with Crippen LogP contribution in [0.25, 0.3) is 0 Å². The maximum atomic E-state index is 10.5. The molecule has 0 unspecified atom stereocenters. The van der Waals surface area contributed by atoms with Gasteiger partial charge in [0.15, 0.2) is 0 Å². The summed E-state index contributed by atoms with van der Waals surface area (Å²) >= 11 is 0. The molecule has 1 aliphatic rings. The van der Waals surface area contributed by atoms with E-state index in [1.807, 2.05) is 0 Å². The van der Waals surface area contributed by atoms with Gasteiger partial charge in [-0.2, -0.15) is 8.42 Å². The molecule has 1 fully saturated rings. The number of aliphatic carboxylic acids is 1. The molecule has 0 bridgehead atoms. The number of hydrogen-bond acceptors (Lipinski definition) is 4. The Morgan fingerprint density at radius 1 is 1.50 bits per heavy atom. The lowest BCUT2D eigenvalue weighted by Crippen LogP contribution is -2.37. The van der Waals surface area contributed by atoms with Crippen LogP contribution in [0.4, 0.5) is 0 Å². The third-order valence-electron chi connectivity index (χ3n) is 1.75. The minimum Gasteiger partial charge on any atom is -0.481 e. The highest BCUT2D eigenvalue weighted by Crippen LogP contribution is 2.30. The molecule has 0 radical (unpaired) electrons. The molecule has 70 valence electrons. The Labute approximate surface area is 70.5 Å². The second-order valence-corrected chi connectivity index (χ2v) is 4.53. The van der Waals surface area contributed by atoms with Crippen LogP contribution in [-0.2, 0) is 19.1 Å². The predicted molar refractivity (Wildman–Crippen MR) is 40.1 cm³/mol. The molecule has 0 spiro atoms. The van der Waals surface area contributed by atoms with Crippen molar-refractivity contribution in [3.63, 3.8) is 0 Å². The monoisotopic (exact) mass is 194 g/mol. The van der Waals surface area contributed by atoms with E-state index in [1.165, 1.54) is 0 Å². The minimum absolute atomic E-state index is 0.294. The second kappa shape index (κ2) is 3.02. The molecule has 1 saturated carbocycles. The third-order valence-corrected chi connectivity index (χ3v) is 2.38. The van der Waals surface area contributed by atoms with Gasteiger partial charge in [0.05, 0.1) is 18.3 Å². The first-order valence-electron chi connectivity index (χ1n) is 3.49. The van der Waals surface area contributed by atoms with Gasteiger partial charge in [0.1, 0.15) is 0 Å². The highest BCUT2D eigenvalue weighted by molar-refractivity contribution is 7.86. The van der Waals surface area contributed by atoms with Crippen LogP contribution in [0.2, 0.25) is 0 Å². The number of carboxylic acid groups (broad SMARTS) is 1. The third kappa shape index (κ3) is 2.46. The van der Waals surface area contributed by atoms with E-state index in [0.717, 1.165) is 6.26 Å². The molecule has 0 amide bonds. The van der Waals surface area contributed by atoms with Gasteiger partial charge < -0.3 is 5.11 Å². The Morgan fingerprint density at radius 3 is 2.33 bits per heavy atom. The quantitative estimate of drug-likeness (QED) is 0.630. The topological polar surface area (TPSA) is 80.7 Å². The van der Waals surface area contributed by atoms with Crippen LogP contribution in [0, 0.1) is 5.92 Å². The molecule has 0 aromatic heterocycles. The van der Waals surface area contributed by atoms with Gasteiger partial charge in [0.25, 0.3) is 10.1 Å². The van der Waals surface area contributed by atoms with Crippen molar-refractivity contribution in [2.45, 2.75) is 18.9 Å². The van der Waals surface area contributed by atoms with Crippen LogP contribution in [0.15, 0.2) is 0 Å². The number of rotatable bonds is 3. The number of carbonyl (C=O) groups is 1. The Balaban J connectivity index is 2.32. The molecule has 0 aliphatic heterocycles. The molecule has 0 heterocycles. The van der Waals surface area contributed by atoms with Gasteiger partial charge in [0.2, 0.25) is 0 Å². The summed E-state index contributed by atoms with van der Waals surface area (Å²) in [7, 11) is -3.43. The first-order chi connectivity index (χ1) is 5.38. The summed E-state index contributed by atoms with van der Waals surface area (Å²) in [6, 6.07) is 0. The SMILES string of the molecule is CS(=O)(=O)OC1CC(C(=O)O)C1. The molecule has 6 heteroatoms. The second-order valence-electron chi connectivity index (χ2n) is 2.93. The highest BCUT2D eigenvalue weighted by atomic mass is 32.2. The molecule has 0 aromatic rings. The van der Waals surface area contributed by atoms with Crippen molar-refractivity contribution in [2.75, 3.05) is 6.26 Å². The lowest BCUT2D eigenvalue weighted by atomic mass is 9.83. The molecule has 12 heavy (non-hydrogen) atoms. The average Bonchev–Trinajstić information content (AvgIpc) is 1.74. The zero-order chi connectivity index (χ0) is 9.35. The largest absolute Gasteiger partial charge is 0.481 e. The fourth-order valence-corrected chi connectivity index (χ4v) is 1.74. The van der Waals surface area contributed by atoms with Gasteiger partial charge in [-0.1, -0.05) is 0 Å². The molecule has 1 rings (SSSR count). The van der Waals surface area contributed by atoms with E-state index in [9.17, 15) is 13.2 Å². The molecule has 5 nitrogen and oxygen atoms in total. The van der Waals surface area contributed by atoms with E-state index < -0.39 is 28.1 Å². The summed E-state index contributed by atoms with van der Waals surface area (Å²) in [5, 5.41) is 8.44. The number of carboxylic acids is 1. The molecular weight excluding hydrogens is 184 g/mol. The summed E-state index contributed by atoms with van der Waals surface area (Å²) in [6.45, 7) is 0. The van der Waals surface area contributed by atoms with Crippen LogP contribution in [0.1, 0.15) is 12.8 Å². The maximum Gasteiger partial charge on any atom is 0.306 e. The first kappa shape index (κ1) is 9.47. The van der Waals surface area contributed by atoms with Gasteiger partial charge in [-0.15, -0.1) is 0 Å². The van der Waals surface area contributed by atoms with E-state index in [4.69, 9.17) is 5.11 Å². The normalized spacial score (nSPS) is 29.4. The number of hydrogen-bond donors (Lipinski definition) is 1. The van der Waals surface area contributed by atoms with Crippen LogP contribution in [-0.4, -0.2) is 31.9 Å². The van der Waals surface area contributed by atoms with Crippen molar-refractivity contribution in [3.05, 3.63) is 0 Å². The molecule has 1 N–H and O–H groups in total. The van der Waals surface area contributed by atoms with Gasteiger partial charge in [-0.05, 0) is 12.8 Å². The summed E-state index contributed by atoms with van der Waals surface area (Å²) in [6.07, 6.45) is 1.12. The van der Waals surface area contributed by atoms with Crippen LogP contribution < -0.4 is 0 Å². The Morgan fingerprint density at radius 2 is 2.00 bits per heavy atom. The summed E-state index contributed by atoms with van der Waals surface area (Å²) in [4.78, 5) is 10.3. The van der Waals surface area contributed by atoms with Crippen molar-refractivity contribution in [3.8, 4) is 0 Å². The van der Waals surface area contributed by atoms with Crippen LogP contribution >= 0.6 is 0 Å². The van der Waals surface area contributed by atoms with Crippen LogP contribution in [0.3, 0.4) is 0 Å². The zero-order valence-corrected chi connectivity index (χ0v) is 7.37. The van der Waals surface area contributed by atoms with Gasteiger partial charge >= 0.3 is 5.97 Å². The standard InChI is InChI=1S/C6H10O5S/c1-12(9,10)11-5-2-4(3-5)6(7)8/h4-5H,2-3H2,1H3,(H,7,8). The van der Waals surface area contributed by atoms with E-state index in [1.54, 1.807) is 0 Å². The van der Waals surface area contributed by atoms with Crippen LogP contribution in [0.5, 0.6) is 0 Å². The van der Waals surface area contributed by atoms with Crippen molar-refractivity contribution in [1.82, 2.24) is 0 Å². The van der Waals surface area contributed by atoms with Gasteiger partial charge in [-0.25, -0.2) is 0 Å². The van der Waals surface area contributed by atoms with Crippen molar-refractivity contribution < 1.29 is 22.5 Å². The lowest BCUT2D eigenvalue weighted by molar-refractivity contribution is -0.147. The lowest BCUT2D eigenvalue weighted by Gasteiger charge is -2.30. The molecule has 1 aliphatic carbocycles. The summed E-state index contributed by atoms with van der Waals surface area (Å²) in [5.41, 5.74) is 0. The van der Waals surface area contributed by atoms with Crippen molar-refractivity contribution in [1.29, 1.82) is 0 Å². The average molecular weight is 194 g/mol. The van der Waals surface area contributed by atoms with E-state index in [0.29, 0.717) is 12.8 Å². The smallest absolute Gasteiger partial charge is 0.306 e. The molecular formula is C6H10O5S. The Hall–Kier alpha value is -0.620. The highest BCUT2D eigenvalue weighted by Gasteiger charge is 2.37. The first-order valence-corrected chi connectivity index (χ1v) is 5.31. The van der Waals surface area contributed by atoms with E-state index >= 15 is 0 Å². The Bertz CT molecular complexity index is 274. The minimum atomic E-state index is -3.43.